The molecule has 1 saturated heterocycles. The van der Waals surface area contributed by atoms with Crippen molar-refractivity contribution in [3.05, 3.63) is 38.9 Å². The molecule has 1 aliphatic heterocycles. The molecule has 2 unspecified atom stereocenters. The minimum atomic E-state index is -0.502. The zero-order valence-corrected chi connectivity index (χ0v) is 14.0. The van der Waals surface area contributed by atoms with E-state index in [-0.39, 0.29) is 47.5 Å². The van der Waals surface area contributed by atoms with E-state index in [4.69, 9.17) is 11.6 Å². The molecule has 1 N–H and O–H groups in total. The highest BCUT2D eigenvalue weighted by molar-refractivity contribution is 6.31. The maximum absolute atomic E-state index is 12.4. The molecule has 1 aromatic carbocycles. The van der Waals surface area contributed by atoms with Gasteiger partial charge >= 0.3 is 0 Å². The van der Waals surface area contributed by atoms with E-state index in [1.165, 1.54) is 12.1 Å². The Hall–Kier alpha value is -1.37. The summed E-state index contributed by atoms with van der Waals surface area (Å²) in [5.74, 6) is -0.00777. The van der Waals surface area contributed by atoms with Crippen LogP contribution in [0.15, 0.2) is 18.2 Å². The Morgan fingerprint density at radius 2 is 2.18 bits per heavy atom. The van der Waals surface area contributed by atoms with Crippen molar-refractivity contribution in [2.45, 2.75) is 32.4 Å². The van der Waals surface area contributed by atoms with E-state index in [0.29, 0.717) is 12.1 Å². The van der Waals surface area contributed by atoms with Gasteiger partial charge in [0.05, 0.1) is 16.4 Å². The maximum atomic E-state index is 12.4. The number of carbonyl (C=O) groups is 1. The van der Waals surface area contributed by atoms with E-state index in [1.54, 1.807) is 6.07 Å². The topological polar surface area (TPSA) is 75.5 Å². The number of nitrogens with zero attached hydrogens (tertiary/aromatic N) is 2. The van der Waals surface area contributed by atoms with Gasteiger partial charge in [-0.15, -0.1) is 12.4 Å². The van der Waals surface area contributed by atoms with Gasteiger partial charge in [-0.1, -0.05) is 17.7 Å². The van der Waals surface area contributed by atoms with Gasteiger partial charge in [0.25, 0.3) is 5.69 Å². The van der Waals surface area contributed by atoms with Gasteiger partial charge in [-0.2, -0.15) is 0 Å². The standard InChI is InChI=1S/C14H18ClN3O3.ClH/c1-9-10(2)17(6-5-16-9)14(19)7-11-3-4-12(18(20)21)8-13(11)15;/h3-4,8-10,16H,5-7H2,1-2H3;1H. The second-order valence-corrected chi connectivity index (χ2v) is 5.69. The number of hydrogen-bond donors (Lipinski definition) is 1. The third-order valence-corrected chi connectivity index (χ3v) is 4.30. The fourth-order valence-corrected chi connectivity index (χ4v) is 2.71. The van der Waals surface area contributed by atoms with Gasteiger partial charge in [0, 0.05) is 37.3 Å². The molecule has 2 atom stereocenters. The van der Waals surface area contributed by atoms with Gasteiger partial charge in [-0.3, -0.25) is 14.9 Å². The van der Waals surface area contributed by atoms with E-state index in [9.17, 15) is 14.9 Å². The first-order valence-electron chi connectivity index (χ1n) is 6.86. The Morgan fingerprint density at radius 1 is 1.50 bits per heavy atom. The first-order valence-corrected chi connectivity index (χ1v) is 7.23. The summed E-state index contributed by atoms with van der Waals surface area (Å²) >= 11 is 6.03. The van der Waals surface area contributed by atoms with Crippen LogP contribution < -0.4 is 5.32 Å². The molecule has 0 spiro atoms. The van der Waals surface area contributed by atoms with Crippen LogP contribution in [0.25, 0.3) is 0 Å². The SMILES string of the molecule is CC1NCCN(C(=O)Cc2ccc([N+](=O)[O-])cc2Cl)C1C.Cl. The lowest BCUT2D eigenvalue weighted by Gasteiger charge is -2.38. The van der Waals surface area contributed by atoms with E-state index >= 15 is 0 Å². The number of rotatable bonds is 3. The summed E-state index contributed by atoms with van der Waals surface area (Å²) in [7, 11) is 0. The highest BCUT2D eigenvalue weighted by Crippen LogP contribution is 2.23. The van der Waals surface area contributed by atoms with E-state index in [1.807, 2.05) is 18.7 Å². The van der Waals surface area contributed by atoms with Crippen LogP contribution in [0.3, 0.4) is 0 Å². The van der Waals surface area contributed by atoms with Crippen molar-refractivity contribution in [3.63, 3.8) is 0 Å². The van der Waals surface area contributed by atoms with Crippen LogP contribution in [0.4, 0.5) is 5.69 Å². The Labute approximate surface area is 140 Å². The molecule has 1 heterocycles. The Balaban J connectivity index is 0.00000242. The molecular formula is C14H19Cl2N3O3. The fourth-order valence-electron chi connectivity index (χ4n) is 2.47. The molecule has 6 nitrogen and oxygen atoms in total. The van der Waals surface area contributed by atoms with Crippen LogP contribution in [0, 0.1) is 10.1 Å². The predicted octanol–water partition coefficient (Wildman–Crippen LogP) is 2.42. The number of halogens is 2. The van der Waals surface area contributed by atoms with Crippen molar-refractivity contribution in [2.75, 3.05) is 13.1 Å². The number of hydrogen-bond acceptors (Lipinski definition) is 4. The van der Waals surface area contributed by atoms with Gasteiger partial charge in [-0.25, -0.2) is 0 Å². The Bertz CT molecular complexity index is 568. The molecule has 1 aromatic rings. The van der Waals surface area contributed by atoms with Crippen molar-refractivity contribution in [1.82, 2.24) is 10.2 Å². The first kappa shape index (κ1) is 18.7. The van der Waals surface area contributed by atoms with Crippen LogP contribution in [0.1, 0.15) is 19.4 Å². The lowest BCUT2D eigenvalue weighted by atomic mass is 10.0. The highest BCUT2D eigenvalue weighted by atomic mass is 35.5. The van der Waals surface area contributed by atoms with E-state index in [0.717, 1.165) is 6.54 Å². The Morgan fingerprint density at radius 3 is 2.77 bits per heavy atom. The normalized spacial score (nSPS) is 21.1. The third kappa shape index (κ3) is 4.09. The molecule has 0 aliphatic carbocycles. The lowest BCUT2D eigenvalue weighted by Crippen LogP contribution is -2.57. The molecule has 0 saturated carbocycles. The molecule has 0 bridgehead atoms. The second kappa shape index (κ2) is 7.76. The maximum Gasteiger partial charge on any atom is 0.270 e. The summed E-state index contributed by atoms with van der Waals surface area (Å²) in [6.07, 6.45) is 0.161. The summed E-state index contributed by atoms with van der Waals surface area (Å²) < 4.78 is 0. The number of nitro benzene ring substituents is 1. The number of non-ortho nitro benzene ring substituents is 1. The summed E-state index contributed by atoms with van der Waals surface area (Å²) in [4.78, 5) is 24.4. The molecule has 2 rings (SSSR count). The predicted molar refractivity (Wildman–Crippen MR) is 87.7 cm³/mol. The fraction of sp³-hybridized carbons (Fsp3) is 0.500. The summed E-state index contributed by atoms with van der Waals surface area (Å²) in [5, 5.41) is 14.3. The van der Waals surface area contributed by atoms with Crippen LogP contribution in [-0.2, 0) is 11.2 Å². The molecular weight excluding hydrogens is 329 g/mol. The minimum absolute atomic E-state index is 0. The number of nitrogens with one attached hydrogen (secondary N) is 1. The number of piperazine rings is 1. The van der Waals surface area contributed by atoms with Gasteiger partial charge in [0.2, 0.25) is 5.91 Å². The lowest BCUT2D eigenvalue weighted by molar-refractivity contribution is -0.384. The van der Waals surface area contributed by atoms with Crippen molar-refractivity contribution < 1.29 is 9.72 Å². The number of nitro groups is 1. The molecule has 122 valence electrons. The summed E-state index contributed by atoms with van der Waals surface area (Å²) in [6.45, 7) is 5.48. The van der Waals surface area contributed by atoms with Gasteiger partial charge in [0.15, 0.2) is 0 Å². The molecule has 0 radical (unpaired) electrons. The van der Waals surface area contributed by atoms with Crippen LogP contribution in [0.2, 0.25) is 5.02 Å². The third-order valence-electron chi connectivity index (χ3n) is 3.94. The largest absolute Gasteiger partial charge is 0.337 e. The van der Waals surface area contributed by atoms with Crippen molar-refractivity contribution in [3.8, 4) is 0 Å². The highest BCUT2D eigenvalue weighted by Gasteiger charge is 2.28. The molecule has 1 amide bonds. The summed E-state index contributed by atoms with van der Waals surface area (Å²) in [5.41, 5.74) is 0.547. The average molecular weight is 348 g/mol. The molecule has 0 aromatic heterocycles. The number of benzene rings is 1. The molecule has 22 heavy (non-hydrogen) atoms. The molecule has 1 fully saturated rings. The van der Waals surface area contributed by atoms with Gasteiger partial charge in [-0.05, 0) is 19.4 Å². The van der Waals surface area contributed by atoms with Crippen molar-refractivity contribution in [1.29, 1.82) is 0 Å². The van der Waals surface area contributed by atoms with Crippen molar-refractivity contribution in [2.24, 2.45) is 0 Å². The number of carbonyl (C=O) groups excluding carboxylic acids is 1. The van der Waals surface area contributed by atoms with E-state index in [2.05, 4.69) is 5.32 Å². The van der Waals surface area contributed by atoms with E-state index < -0.39 is 4.92 Å². The minimum Gasteiger partial charge on any atom is -0.337 e. The monoisotopic (exact) mass is 347 g/mol. The molecule has 1 aliphatic rings. The van der Waals surface area contributed by atoms with Crippen molar-refractivity contribution >= 4 is 35.6 Å². The first-order chi connectivity index (χ1) is 9.90. The van der Waals surface area contributed by atoms with Gasteiger partial charge in [0.1, 0.15) is 0 Å². The van der Waals surface area contributed by atoms with Gasteiger partial charge < -0.3 is 10.2 Å². The Kier molecular flexibility index (Phi) is 6.59. The van der Waals surface area contributed by atoms with Crippen LogP contribution in [0.5, 0.6) is 0 Å². The number of amides is 1. The average Bonchev–Trinajstić information content (AvgIpc) is 2.43. The summed E-state index contributed by atoms with van der Waals surface area (Å²) in [6, 6.07) is 4.57. The second-order valence-electron chi connectivity index (χ2n) is 5.28. The van der Waals surface area contributed by atoms with Crippen LogP contribution >= 0.6 is 24.0 Å². The zero-order valence-electron chi connectivity index (χ0n) is 12.4. The zero-order chi connectivity index (χ0) is 15.6. The quantitative estimate of drug-likeness (QED) is 0.672. The molecule has 8 heteroatoms. The smallest absolute Gasteiger partial charge is 0.270 e. The van der Waals surface area contributed by atoms with Crippen LogP contribution in [-0.4, -0.2) is 40.9 Å².